The van der Waals surface area contributed by atoms with Gasteiger partial charge in [-0.2, -0.15) is 0 Å². The Kier molecular flexibility index (Phi) is 6.34. The first kappa shape index (κ1) is 20.2. The van der Waals surface area contributed by atoms with Gasteiger partial charge in [-0.1, -0.05) is 29.4 Å². The predicted octanol–water partition coefficient (Wildman–Crippen LogP) is 4.56. The van der Waals surface area contributed by atoms with Crippen molar-refractivity contribution in [2.45, 2.75) is 20.5 Å². The minimum absolute atomic E-state index is 0.117. The van der Waals surface area contributed by atoms with Crippen LogP contribution >= 0.6 is 0 Å². The van der Waals surface area contributed by atoms with Gasteiger partial charge in [-0.25, -0.2) is 0 Å². The summed E-state index contributed by atoms with van der Waals surface area (Å²) in [5.41, 5.74) is 3.40. The average Bonchev–Trinajstić information content (AvgIpc) is 3.08. The minimum Gasteiger partial charge on any atom is -0.493 e. The van der Waals surface area contributed by atoms with Crippen LogP contribution in [0.2, 0.25) is 0 Å². The van der Waals surface area contributed by atoms with Gasteiger partial charge >= 0.3 is 0 Å². The van der Waals surface area contributed by atoms with E-state index in [4.69, 9.17) is 14.0 Å². The van der Waals surface area contributed by atoms with Gasteiger partial charge in [-0.05, 0) is 49.8 Å². The van der Waals surface area contributed by atoms with Gasteiger partial charge in [0.25, 0.3) is 5.91 Å². The quantitative estimate of drug-likeness (QED) is 0.552. The van der Waals surface area contributed by atoms with Gasteiger partial charge in [-0.15, -0.1) is 0 Å². The lowest BCUT2D eigenvalue weighted by Crippen LogP contribution is -2.23. The molecule has 6 nitrogen and oxygen atoms in total. The molecule has 0 spiro atoms. The normalized spacial score (nSPS) is 10.9. The van der Waals surface area contributed by atoms with Gasteiger partial charge in [0.1, 0.15) is 12.4 Å². The van der Waals surface area contributed by atoms with E-state index in [0.717, 1.165) is 28.3 Å². The number of hydrogen-bond donors (Lipinski definition) is 0. The predicted molar refractivity (Wildman–Crippen MR) is 112 cm³/mol. The van der Waals surface area contributed by atoms with Crippen LogP contribution in [-0.2, 0) is 11.4 Å². The summed E-state index contributed by atoms with van der Waals surface area (Å²) in [6.45, 7) is 4.07. The lowest BCUT2D eigenvalue weighted by Gasteiger charge is -2.15. The van der Waals surface area contributed by atoms with Crippen molar-refractivity contribution in [1.82, 2.24) is 5.16 Å². The van der Waals surface area contributed by atoms with Crippen molar-refractivity contribution in [3.05, 3.63) is 77.2 Å². The number of amides is 1. The second-order valence-corrected chi connectivity index (χ2v) is 6.57. The van der Waals surface area contributed by atoms with E-state index in [1.54, 1.807) is 25.1 Å². The topological polar surface area (TPSA) is 64.8 Å². The molecule has 0 saturated carbocycles. The molecule has 0 bridgehead atoms. The van der Waals surface area contributed by atoms with E-state index in [-0.39, 0.29) is 5.91 Å². The van der Waals surface area contributed by atoms with Crippen LogP contribution in [0.3, 0.4) is 0 Å². The van der Waals surface area contributed by atoms with Crippen molar-refractivity contribution in [3.63, 3.8) is 0 Å². The van der Waals surface area contributed by atoms with E-state index < -0.39 is 0 Å². The Morgan fingerprint density at radius 1 is 1.14 bits per heavy atom. The molecule has 3 aromatic rings. The number of anilines is 1. The third kappa shape index (κ3) is 4.85. The third-order valence-electron chi connectivity index (χ3n) is 4.63. The Hall–Kier alpha value is -3.54. The highest BCUT2D eigenvalue weighted by Crippen LogP contribution is 2.30. The molecule has 150 valence electrons. The Balaban J connectivity index is 1.69. The second-order valence-electron chi connectivity index (χ2n) is 6.57. The summed E-state index contributed by atoms with van der Waals surface area (Å²) in [5, 5.41) is 3.93. The van der Waals surface area contributed by atoms with Crippen molar-refractivity contribution >= 4 is 17.7 Å². The van der Waals surface area contributed by atoms with Crippen LogP contribution in [0.1, 0.15) is 22.6 Å². The smallest absolute Gasteiger partial charge is 0.250 e. The number of methoxy groups -OCH3 is 1. The maximum Gasteiger partial charge on any atom is 0.250 e. The van der Waals surface area contributed by atoms with Gasteiger partial charge < -0.3 is 18.9 Å². The number of para-hydroxylation sites is 1. The maximum absolute atomic E-state index is 12.4. The first-order valence-electron chi connectivity index (χ1n) is 9.23. The number of hydrogen-bond acceptors (Lipinski definition) is 5. The van der Waals surface area contributed by atoms with E-state index in [0.29, 0.717) is 18.1 Å². The van der Waals surface area contributed by atoms with E-state index in [1.165, 1.54) is 6.08 Å². The number of carbonyl (C=O) groups excluding carboxylic acids is 1. The number of rotatable bonds is 7. The number of ether oxygens (including phenoxy) is 2. The van der Waals surface area contributed by atoms with E-state index in [9.17, 15) is 4.79 Å². The summed E-state index contributed by atoms with van der Waals surface area (Å²) in [5.74, 6) is 1.82. The monoisotopic (exact) mass is 392 g/mol. The highest BCUT2D eigenvalue weighted by molar-refractivity contribution is 6.03. The number of benzene rings is 2. The summed E-state index contributed by atoms with van der Waals surface area (Å²) in [4.78, 5) is 14.0. The third-order valence-corrected chi connectivity index (χ3v) is 4.63. The van der Waals surface area contributed by atoms with Crippen LogP contribution in [0.25, 0.3) is 6.08 Å². The minimum atomic E-state index is -0.117. The van der Waals surface area contributed by atoms with E-state index in [1.807, 2.05) is 62.4 Å². The zero-order valence-electron chi connectivity index (χ0n) is 17.0. The lowest BCUT2D eigenvalue weighted by atomic mass is 10.1. The number of aryl methyl sites for hydroxylation is 2. The molecule has 0 aliphatic carbocycles. The summed E-state index contributed by atoms with van der Waals surface area (Å²) < 4.78 is 16.5. The fourth-order valence-electron chi connectivity index (χ4n) is 2.82. The lowest BCUT2D eigenvalue weighted by molar-refractivity contribution is -0.113. The Bertz CT molecular complexity index is 989. The highest BCUT2D eigenvalue weighted by Gasteiger charge is 2.12. The Morgan fingerprint density at radius 3 is 2.55 bits per heavy atom. The van der Waals surface area contributed by atoms with Crippen molar-refractivity contribution in [2.75, 3.05) is 19.1 Å². The van der Waals surface area contributed by atoms with Gasteiger partial charge in [-0.3, -0.25) is 4.79 Å². The van der Waals surface area contributed by atoms with Crippen molar-refractivity contribution < 1.29 is 18.8 Å². The standard InChI is InChI=1S/C23H24N2O4/c1-16-20(17(2)29-24-16)15-28-21-12-10-18(14-22(21)27-4)11-13-23(26)25(3)19-8-6-5-7-9-19/h5-14H,15H2,1-4H3/b13-11+. The molecular formula is C23H24N2O4. The van der Waals surface area contributed by atoms with Gasteiger partial charge in [0.05, 0.1) is 18.4 Å². The van der Waals surface area contributed by atoms with Crippen LogP contribution < -0.4 is 14.4 Å². The largest absolute Gasteiger partial charge is 0.493 e. The molecule has 1 aromatic heterocycles. The number of likely N-dealkylation sites (N-methyl/N-ethyl adjacent to an activating group) is 1. The Morgan fingerprint density at radius 2 is 1.90 bits per heavy atom. The summed E-state index contributed by atoms with van der Waals surface area (Å²) >= 11 is 0. The number of carbonyl (C=O) groups is 1. The molecule has 0 N–H and O–H groups in total. The van der Waals surface area contributed by atoms with Crippen LogP contribution in [0.4, 0.5) is 5.69 Å². The van der Waals surface area contributed by atoms with Crippen LogP contribution in [0.5, 0.6) is 11.5 Å². The maximum atomic E-state index is 12.4. The highest BCUT2D eigenvalue weighted by atomic mass is 16.5. The molecule has 0 aliphatic rings. The van der Waals surface area contributed by atoms with E-state index >= 15 is 0 Å². The van der Waals surface area contributed by atoms with Crippen molar-refractivity contribution in [1.29, 1.82) is 0 Å². The van der Waals surface area contributed by atoms with Crippen molar-refractivity contribution in [3.8, 4) is 11.5 Å². The summed E-state index contributed by atoms with van der Waals surface area (Å²) in [6.07, 6.45) is 3.29. The molecule has 0 saturated heterocycles. The molecule has 6 heteroatoms. The molecule has 3 rings (SSSR count). The molecular weight excluding hydrogens is 368 g/mol. The fraction of sp³-hybridized carbons (Fsp3) is 0.217. The molecule has 29 heavy (non-hydrogen) atoms. The molecule has 0 atom stereocenters. The molecule has 0 unspecified atom stereocenters. The zero-order valence-corrected chi connectivity index (χ0v) is 17.0. The molecule has 1 amide bonds. The Labute approximate surface area is 170 Å². The number of aromatic nitrogens is 1. The fourth-order valence-corrected chi connectivity index (χ4v) is 2.82. The van der Waals surface area contributed by atoms with Gasteiger partial charge in [0.15, 0.2) is 11.5 Å². The first-order valence-corrected chi connectivity index (χ1v) is 9.23. The van der Waals surface area contributed by atoms with Crippen LogP contribution in [0.15, 0.2) is 59.1 Å². The van der Waals surface area contributed by atoms with Gasteiger partial charge in [0.2, 0.25) is 0 Å². The average molecular weight is 392 g/mol. The zero-order chi connectivity index (χ0) is 20.8. The summed E-state index contributed by atoms with van der Waals surface area (Å²) in [6, 6.07) is 15.0. The molecule has 0 radical (unpaired) electrons. The molecule has 0 aliphatic heterocycles. The number of nitrogens with zero attached hydrogens (tertiary/aromatic N) is 2. The summed E-state index contributed by atoms with van der Waals surface area (Å²) in [7, 11) is 3.33. The first-order chi connectivity index (χ1) is 14.0. The molecule has 0 fully saturated rings. The SMILES string of the molecule is COc1cc(/C=C/C(=O)N(C)c2ccccc2)ccc1OCc1c(C)noc1C. The second kappa shape index (κ2) is 9.10. The van der Waals surface area contributed by atoms with Crippen molar-refractivity contribution in [2.24, 2.45) is 0 Å². The van der Waals surface area contributed by atoms with E-state index in [2.05, 4.69) is 5.16 Å². The molecule has 2 aromatic carbocycles. The van der Waals surface area contributed by atoms with Gasteiger partial charge in [0, 0.05) is 18.8 Å². The molecule has 1 heterocycles. The van der Waals surface area contributed by atoms with Crippen LogP contribution in [0, 0.1) is 13.8 Å². The van der Waals surface area contributed by atoms with Crippen LogP contribution in [-0.4, -0.2) is 25.2 Å².